The first kappa shape index (κ1) is 17.1. The van der Waals surface area contributed by atoms with Crippen LogP contribution < -0.4 is 11.3 Å². The van der Waals surface area contributed by atoms with Gasteiger partial charge in [0.05, 0.1) is 16.8 Å². The van der Waals surface area contributed by atoms with Gasteiger partial charge >= 0.3 is 6.18 Å². The molecular weight excluding hydrogens is 321 g/mol. The number of nitrogens with zero attached hydrogens (tertiary/aromatic N) is 1. The molecule has 0 bridgehead atoms. The third-order valence-electron chi connectivity index (χ3n) is 3.25. The second kappa shape index (κ2) is 6.07. The van der Waals surface area contributed by atoms with Gasteiger partial charge in [0.25, 0.3) is 5.56 Å². The van der Waals surface area contributed by atoms with Crippen molar-refractivity contribution in [1.29, 1.82) is 0 Å². The van der Waals surface area contributed by atoms with E-state index in [1.54, 1.807) is 0 Å². The van der Waals surface area contributed by atoms with Crippen LogP contribution in [0.4, 0.5) is 22.0 Å². The molecule has 9 heteroatoms. The first-order valence-corrected chi connectivity index (χ1v) is 6.58. The average molecular weight is 333 g/mol. The molecule has 0 fully saturated rings. The van der Waals surface area contributed by atoms with Crippen molar-refractivity contribution in [2.24, 2.45) is 5.73 Å². The van der Waals surface area contributed by atoms with Crippen LogP contribution >= 0.6 is 0 Å². The summed E-state index contributed by atoms with van der Waals surface area (Å²) >= 11 is 0. The number of H-pyrrole nitrogens is 1. The minimum Gasteiger partial charge on any atom is -0.326 e. The number of hydrogen-bond donors (Lipinski definition) is 2. The molecule has 0 unspecified atom stereocenters. The highest BCUT2D eigenvalue weighted by Gasteiger charge is 2.36. The Morgan fingerprint density at radius 3 is 2.39 bits per heavy atom. The Labute approximate surface area is 127 Å². The molecule has 0 radical (unpaired) electrons. The second-order valence-electron chi connectivity index (χ2n) is 4.69. The van der Waals surface area contributed by atoms with Crippen LogP contribution in [0.2, 0.25) is 0 Å². The number of rotatable bonds is 3. The third-order valence-corrected chi connectivity index (χ3v) is 3.25. The summed E-state index contributed by atoms with van der Waals surface area (Å²) in [5.41, 5.74) is 1.21. The third kappa shape index (κ3) is 3.09. The highest BCUT2D eigenvalue weighted by molar-refractivity contribution is 5.63. The Morgan fingerprint density at radius 2 is 1.87 bits per heavy atom. The number of aryl methyl sites for hydroxylation is 1. The fourth-order valence-electron chi connectivity index (χ4n) is 2.10. The zero-order valence-electron chi connectivity index (χ0n) is 11.9. The van der Waals surface area contributed by atoms with Crippen molar-refractivity contribution >= 4 is 0 Å². The van der Waals surface area contributed by atoms with E-state index in [0.717, 1.165) is 6.07 Å². The molecule has 23 heavy (non-hydrogen) atoms. The van der Waals surface area contributed by atoms with Crippen LogP contribution in [0.5, 0.6) is 0 Å². The highest BCUT2D eigenvalue weighted by Crippen LogP contribution is 2.38. The van der Waals surface area contributed by atoms with Crippen molar-refractivity contribution in [3.63, 3.8) is 0 Å². The van der Waals surface area contributed by atoms with Gasteiger partial charge in [-0.15, -0.1) is 0 Å². The van der Waals surface area contributed by atoms with E-state index in [4.69, 9.17) is 5.73 Å². The van der Waals surface area contributed by atoms with Gasteiger partial charge in [-0.25, -0.2) is 9.37 Å². The predicted octanol–water partition coefficient (Wildman–Crippen LogP) is 2.75. The van der Waals surface area contributed by atoms with Gasteiger partial charge in [0, 0.05) is 12.1 Å². The summed E-state index contributed by atoms with van der Waals surface area (Å²) in [7, 11) is 0. The standard InChI is InChI=1S/C14H12F5N3O/c1-2-8-11(16)13(23)22-12(21-8)9-7(14(17,18)19)4-3-6(5-20)10(9)15/h3-4H,2,5,20H2,1H3,(H,21,22,23). The van der Waals surface area contributed by atoms with Gasteiger partial charge in [-0.2, -0.15) is 17.6 Å². The van der Waals surface area contributed by atoms with Gasteiger partial charge in [-0.3, -0.25) is 4.79 Å². The summed E-state index contributed by atoms with van der Waals surface area (Å²) < 4.78 is 67.3. The summed E-state index contributed by atoms with van der Waals surface area (Å²) in [6, 6.07) is 1.56. The molecule has 0 aliphatic rings. The molecule has 1 heterocycles. The number of benzene rings is 1. The molecule has 1 aromatic carbocycles. The van der Waals surface area contributed by atoms with Gasteiger partial charge in [0.1, 0.15) is 11.6 Å². The van der Waals surface area contributed by atoms with Crippen LogP contribution in [0, 0.1) is 11.6 Å². The maximum atomic E-state index is 14.4. The van der Waals surface area contributed by atoms with Crippen LogP contribution in [0.1, 0.15) is 23.7 Å². The topological polar surface area (TPSA) is 71.8 Å². The predicted molar refractivity (Wildman–Crippen MR) is 72.5 cm³/mol. The van der Waals surface area contributed by atoms with Crippen molar-refractivity contribution in [1.82, 2.24) is 9.97 Å². The molecule has 0 saturated heterocycles. The van der Waals surface area contributed by atoms with Crippen LogP contribution in [-0.4, -0.2) is 9.97 Å². The Balaban J connectivity index is 2.86. The van der Waals surface area contributed by atoms with E-state index in [2.05, 4.69) is 4.98 Å². The summed E-state index contributed by atoms with van der Waals surface area (Å²) in [4.78, 5) is 17.0. The van der Waals surface area contributed by atoms with Crippen molar-refractivity contribution < 1.29 is 22.0 Å². The van der Waals surface area contributed by atoms with Crippen LogP contribution in [0.25, 0.3) is 11.4 Å². The zero-order chi connectivity index (χ0) is 17.4. The van der Waals surface area contributed by atoms with Gasteiger partial charge in [0.15, 0.2) is 0 Å². The number of aromatic amines is 1. The largest absolute Gasteiger partial charge is 0.417 e. The van der Waals surface area contributed by atoms with Crippen molar-refractivity contribution in [2.75, 3.05) is 0 Å². The Bertz CT molecular complexity index is 798. The summed E-state index contributed by atoms with van der Waals surface area (Å²) in [5, 5.41) is 0. The lowest BCUT2D eigenvalue weighted by molar-refractivity contribution is -0.137. The Hall–Kier alpha value is -2.29. The SMILES string of the molecule is CCc1nc(-c2c(C(F)(F)F)ccc(CN)c2F)[nH]c(=O)c1F. The van der Waals surface area contributed by atoms with E-state index >= 15 is 0 Å². The van der Waals surface area contributed by atoms with E-state index in [9.17, 15) is 26.7 Å². The fourth-order valence-corrected chi connectivity index (χ4v) is 2.10. The molecule has 1 aromatic heterocycles. The summed E-state index contributed by atoms with van der Waals surface area (Å²) in [6.45, 7) is 1.12. The Kier molecular flexibility index (Phi) is 4.51. The smallest absolute Gasteiger partial charge is 0.326 e. The molecule has 2 rings (SSSR count). The van der Waals surface area contributed by atoms with Crippen LogP contribution in [0.15, 0.2) is 16.9 Å². The number of halogens is 5. The monoisotopic (exact) mass is 333 g/mol. The molecule has 0 aliphatic carbocycles. The van der Waals surface area contributed by atoms with Gasteiger partial charge in [-0.1, -0.05) is 13.0 Å². The van der Waals surface area contributed by atoms with Gasteiger partial charge < -0.3 is 10.7 Å². The number of nitrogens with one attached hydrogen (secondary N) is 1. The van der Waals surface area contributed by atoms with Crippen molar-refractivity contribution in [3.05, 3.63) is 50.9 Å². The number of nitrogens with two attached hydrogens (primary N) is 1. The average Bonchev–Trinajstić information content (AvgIpc) is 2.48. The van der Waals surface area contributed by atoms with Gasteiger partial charge in [0.2, 0.25) is 5.82 Å². The van der Waals surface area contributed by atoms with E-state index < -0.39 is 40.3 Å². The zero-order valence-corrected chi connectivity index (χ0v) is 11.9. The second-order valence-corrected chi connectivity index (χ2v) is 4.69. The molecule has 0 atom stereocenters. The van der Waals surface area contributed by atoms with E-state index in [1.165, 1.54) is 6.92 Å². The first-order valence-electron chi connectivity index (χ1n) is 6.58. The number of hydrogen-bond acceptors (Lipinski definition) is 3. The van der Waals surface area contributed by atoms with Crippen molar-refractivity contribution in [2.45, 2.75) is 26.1 Å². The van der Waals surface area contributed by atoms with Crippen LogP contribution in [-0.2, 0) is 19.1 Å². The summed E-state index contributed by atoms with van der Waals surface area (Å²) in [5.74, 6) is -3.15. The minimum absolute atomic E-state index is 0.0394. The number of aromatic nitrogens is 2. The quantitative estimate of drug-likeness (QED) is 0.849. The highest BCUT2D eigenvalue weighted by atomic mass is 19.4. The normalized spacial score (nSPS) is 11.8. The molecule has 3 N–H and O–H groups in total. The molecule has 0 aliphatic heterocycles. The lowest BCUT2D eigenvalue weighted by Gasteiger charge is -2.15. The summed E-state index contributed by atoms with van der Waals surface area (Å²) in [6.07, 6.45) is -4.93. The molecular formula is C14H12F5N3O. The van der Waals surface area contributed by atoms with Crippen LogP contribution in [0.3, 0.4) is 0 Å². The molecule has 4 nitrogen and oxygen atoms in total. The van der Waals surface area contributed by atoms with E-state index in [1.807, 2.05) is 4.98 Å². The lowest BCUT2D eigenvalue weighted by atomic mass is 10.0. The number of alkyl halides is 3. The Morgan fingerprint density at radius 1 is 1.22 bits per heavy atom. The molecule has 0 saturated carbocycles. The van der Waals surface area contributed by atoms with Crippen molar-refractivity contribution in [3.8, 4) is 11.4 Å². The lowest BCUT2D eigenvalue weighted by Crippen LogP contribution is -2.19. The van der Waals surface area contributed by atoms with E-state index in [-0.39, 0.29) is 24.2 Å². The van der Waals surface area contributed by atoms with Gasteiger partial charge in [-0.05, 0) is 12.5 Å². The molecule has 0 amide bonds. The van der Waals surface area contributed by atoms with E-state index in [0.29, 0.717) is 6.07 Å². The molecule has 124 valence electrons. The maximum absolute atomic E-state index is 14.4. The maximum Gasteiger partial charge on any atom is 0.417 e. The minimum atomic E-state index is -4.89. The molecule has 2 aromatic rings. The fraction of sp³-hybridized carbons (Fsp3) is 0.286. The molecule has 0 spiro atoms. The first-order chi connectivity index (χ1) is 10.7.